The van der Waals surface area contributed by atoms with Crippen molar-refractivity contribution in [2.75, 3.05) is 58.7 Å². The zero-order valence-corrected chi connectivity index (χ0v) is 70.0. The molecule has 5 aliphatic heterocycles. The second-order valence-electron chi connectivity index (χ2n) is 29.6. The van der Waals surface area contributed by atoms with E-state index >= 15 is 0 Å². The molecule has 0 saturated carbocycles. The van der Waals surface area contributed by atoms with Crippen molar-refractivity contribution >= 4 is 65.5 Å². The van der Waals surface area contributed by atoms with Crippen molar-refractivity contribution in [3.05, 3.63) is 227 Å². The van der Waals surface area contributed by atoms with Crippen LogP contribution in [0.1, 0.15) is 83.8 Å². The van der Waals surface area contributed by atoms with Crippen LogP contribution in [0.25, 0.3) is 22.3 Å². The van der Waals surface area contributed by atoms with E-state index < -0.39 is 244 Å². The summed E-state index contributed by atoms with van der Waals surface area (Å²) in [6, 6.07) is 22.8. The summed E-state index contributed by atoms with van der Waals surface area (Å²) in [5, 5.41) is 35.2. The predicted octanol–water partition coefficient (Wildman–Crippen LogP) is -0.232. The molecule has 0 radical (unpaired) electrons. The van der Waals surface area contributed by atoms with Crippen molar-refractivity contribution in [1.29, 1.82) is 0 Å². The Kier molecular flexibility index (Phi) is 25.9. The van der Waals surface area contributed by atoms with Gasteiger partial charge in [-0.3, -0.25) is 108 Å². The summed E-state index contributed by atoms with van der Waals surface area (Å²) in [5.41, 5.74) is 3.52. The summed E-state index contributed by atoms with van der Waals surface area (Å²) in [6.07, 6.45) is -26.7. The van der Waals surface area contributed by atoms with Crippen molar-refractivity contribution in [2.45, 2.75) is 150 Å². The van der Waals surface area contributed by atoms with Gasteiger partial charge in [0.25, 0.3) is 27.8 Å². The van der Waals surface area contributed by atoms with Crippen LogP contribution >= 0.6 is 31.3 Å². The normalized spacial score (nSPS) is 27.1. The summed E-state index contributed by atoms with van der Waals surface area (Å²) in [6.45, 7) is -1.12. The molecule has 7 aromatic heterocycles. The van der Waals surface area contributed by atoms with Crippen LogP contribution < -0.4 is 65.8 Å². The number of nitrogens with one attached hydrogen (secondary N) is 5. The summed E-state index contributed by atoms with van der Waals surface area (Å²) in [7, 11) is -19.9. The second kappa shape index (κ2) is 36.1. The van der Waals surface area contributed by atoms with E-state index in [4.69, 9.17) is 85.6 Å². The van der Waals surface area contributed by atoms with Crippen molar-refractivity contribution in [3.8, 4) is 11.5 Å². The number of nitrogens with two attached hydrogens (primary N) is 2. The Morgan fingerprint density at radius 2 is 0.786 bits per heavy atom. The summed E-state index contributed by atoms with van der Waals surface area (Å²) in [4.78, 5) is 177. The molecule has 4 unspecified atom stereocenters. The number of aromatic nitrogens is 14. The van der Waals surface area contributed by atoms with Crippen LogP contribution in [0, 0.1) is 20.8 Å². The van der Waals surface area contributed by atoms with E-state index in [-0.39, 0.29) is 45.4 Å². The van der Waals surface area contributed by atoms with E-state index in [1.54, 1.807) is 78.9 Å². The first-order chi connectivity index (χ1) is 59.8. The largest absolute Gasteiger partial charge is 0.497 e. The van der Waals surface area contributed by atoms with Crippen molar-refractivity contribution in [3.63, 3.8) is 0 Å². The highest BCUT2D eigenvalue weighted by Gasteiger charge is 2.55. The number of nitrogen functional groups attached to an aromatic ring is 2. The number of anilines is 2. The van der Waals surface area contributed by atoms with Gasteiger partial charge < -0.3 is 84.3 Å². The summed E-state index contributed by atoms with van der Waals surface area (Å²) < 4.78 is 156. The number of phosphoric acid groups is 4. The third-order valence-corrected chi connectivity index (χ3v) is 25.3. The average Bonchev–Trinajstić information content (AvgIpc) is 1.22. The molecule has 5 fully saturated rings. The Morgan fingerprint density at radius 1 is 0.437 bits per heavy atom. The molecule has 3 aromatic carbocycles. The van der Waals surface area contributed by atoms with Crippen LogP contribution in [0.2, 0.25) is 0 Å². The van der Waals surface area contributed by atoms with Crippen LogP contribution in [0.4, 0.5) is 11.9 Å². The maximum Gasteiger partial charge on any atom is 0.472 e. The molecule has 55 heteroatoms. The van der Waals surface area contributed by atoms with Gasteiger partial charge >= 0.3 is 48.4 Å². The van der Waals surface area contributed by atoms with Gasteiger partial charge in [0.2, 0.25) is 11.9 Å². The first-order valence-electron chi connectivity index (χ1n) is 38.1. The first-order valence-corrected chi connectivity index (χ1v) is 44.1. The van der Waals surface area contributed by atoms with E-state index in [2.05, 4.69) is 44.9 Å². The number of nitrogens with zero attached hydrogens (tertiary/aromatic N) is 9. The number of benzene rings is 3. The second-order valence-corrected chi connectivity index (χ2v) is 35.2. The molecule has 0 aliphatic carbocycles. The molecule has 15 rings (SSSR count). The van der Waals surface area contributed by atoms with Gasteiger partial charge in [-0.15, -0.1) is 0 Å². The number of H-pyrrole nitrogens is 5. The van der Waals surface area contributed by atoms with E-state index in [0.717, 1.165) is 47.9 Å². The number of fused-ring (bicyclic) bond motifs is 2. The smallest absolute Gasteiger partial charge is 0.472 e. The van der Waals surface area contributed by atoms with Gasteiger partial charge in [-0.1, -0.05) is 54.6 Å². The topological polar surface area (TPSA) is 701 Å². The van der Waals surface area contributed by atoms with Crippen molar-refractivity contribution in [1.82, 2.24) is 67.7 Å². The molecule has 0 amide bonds. The highest BCUT2D eigenvalue weighted by atomic mass is 31.2. The van der Waals surface area contributed by atoms with Crippen LogP contribution in [0.5, 0.6) is 11.5 Å². The van der Waals surface area contributed by atoms with E-state index in [0.29, 0.717) is 28.2 Å². The molecular weight excluding hydrogens is 1760 g/mol. The molecule has 21 atom stereocenters. The Hall–Kier alpha value is -10.3. The molecule has 16 N–H and O–H groups in total. The fourth-order valence-electron chi connectivity index (χ4n) is 15.1. The monoisotopic (exact) mass is 1840 g/mol. The molecule has 0 bridgehead atoms. The Bertz CT molecular complexity index is 6400. The number of rotatable bonds is 33. The maximum atomic E-state index is 14.8. The standard InChI is InChI=1S/C71H82N16O35P4/c1-32-22-83(68(96)80-59(32)91)48-19-40(88)43(114-48)26-110-125(103,104)121-55-46(117-64(53(55)89)86-30-74-51-57(86)76-66(72)78-62(51)94)29-113-124(101,102)120-42-21-50(85-24-34(3)61(93)82-70(85)98)116-45(42)27-111-126(105,106)122-56-47(118-65(54(56)90)87-31-75-52-58(87)77-67(73)79-63(52)95)28-112-123(99,100)119-41-20-49(84-23-33(2)60(92)81-69(84)97)115-44(41)25-109-71(35-9-7-6-8-10-35,36-11-15-38(107-4)16-12-36)37-13-17-39(108-5)18-14-37/h6-18,22-24,30-31,40-50,53-56,64-65,88-90H,19-21,25-29H2,1-5H3,(H,99,100)(H,101,102)(H,103,104)(H,105,106)(H,80,91,96)(H,81,92,97)(H,82,93,98)(H3,72,76,78,94)(H3,73,77,79,95)/t40-,41-,42-,43+,44+,45+,46+,47+,48+,49+,50+,53+,54+,55+,56+,64+,65+/m0/s1. The number of imidazole rings is 2. The van der Waals surface area contributed by atoms with Crippen LogP contribution in [-0.4, -0.2) is 223 Å². The van der Waals surface area contributed by atoms with Crippen LogP contribution in [0.15, 0.2) is 148 Å². The van der Waals surface area contributed by atoms with Crippen LogP contribution in [0.3, 0.4) is 0 Å². The van der Waals surface area contributed by atoms with Gasteiger partial charge in [0.15, 0.2) is 34.8 Å². The lowest BCUT2D eigenvalue weighted by molar-refractivity contribution is -0.0952. The lowest BCUT2D eigenvalue weighted by Gasteiger charge is -2.37. The Balaban J connectivity index is 0.680. The zero-order valence-electron chi connectivity index (χ0n) is 66.4. The summed E-state index contributed by atoms with van der Waals surface area (Å²) in [5.74, 6) is 0.0614. The minimum Gasteiger partial charge on any atom is -0.497 e. The predicted molar refractivity (Wildman–Crippen MR) is 426 cm³/mol. The van der Waals surface area contributed by atoms with E-state index in [1.165, 1.54) is 41.2 Å². The number of aryl methyl sites for hydroxylation is 3. The maximum absolute atomic E-state index is 14.8. The fraction of sp³-hybridized carbons (Fsp3) is 0.437. The van der Waals surface area contributed by atoms with Gasteiger partial charge in [0.1, 0.15) is 103 Å². The molecule has 10 aromatic rings. The number of phosphoric ester groups is 4. The number of methoxy groups -OCH3 is 2. The van der Waals surface area contributed by atoms with E-state index in [9.17, 15) is 91.5 Å². The molecule has 0 spiro atoms. The van der Waals surface area contributed by atoms with Gasteiger partial charge in [0.05, 0.1) is 66.0 Å². The first kappa shape index (κ1) is 90.5. The Morgan fingerprint density at radius 3 is 1.18 bits per heavy atom. The van der Waals surface area contributed by atoms with Gasteiger partial charge in [-0.2, -0.15) is 9.97 Å². The molecule has 5 saturated heterocycles. The van der Waals surface area contributed by atoms with Gasteiger partial charge in [0, 0.05) is 54.5 Å². The number of hydrogen-bond donors (Lipinski definition) is 14. The SMILES string of the molecule is COc1ccc(C(OC[C@H]2O[C@@H](n3cc(C)c(=O)[nH]c3=O)C[C@@H]2OP(=O)(O)OC[C@H]2O[C@@H](n3cnc4c(=O)[nH]c(N)nc43)[C@H](O)[C@@H]2OP(=O)(O)OC[C@H]2O[C@@H](n3cc(C)c(=O)[nH]c3=O)C[C@@H]2OP(=O)(O)OC[C@H]2O[C@@H](n3cnc4c(=O)[nH]c(N)nc43)[C@H](O)[C@@H]2OP(=O)(O)OC[C@H]2O[C@@H](n3cc(C)c(=O)[nH]c3=O)C[C@@H]2O)(c2ccccc2)c2ccc(OC)cc2)cc1. The number of hydrogen-bond acceptors (Lipinski definition) is 37. The number of aliphatic hydroxyl groups is 3. The summed E-state index contributed by atoms with van der Waals surface area (Å²) >= 11 is 0. The number of aromatic amines is 5. The van der Waals surface area contributed by atoms with Crippen LogP contribution in [-0.2, 0) is 88.5 Å². The Labute approximate surface area is 704 Å². The quantitative estimate of drug-likeness (QED) is 0.0187. The third-order valence-electron chi connectivity index (χ3n) is 21.3. The number of aliphatic hydroxyl groups excluding tert-OH is 3. The molecule has 12 heterocycles. The molecule has 676 valence electrons. The fourth-order valence-corrected chi connectivity index (χ4v) is 19.0. The highest BCUT2D eigenvalue weighted by Crippen LogP contribution is 2.56. The van der Waals surface area contributed by atoms with Crippen molar-refractivity contribution in [2.24, 2.45) is 0 Å². The number of ether oxygens (including phenoxy) is 8. The minimum atomic E-state index is -5.88. The molecule has 126 heavy (non-hydrogen) atoms. The lowest BCUT2D eigenvalue weighted by Crippen LogP contribution is -2.38. The van der Waals surface area contributed by atoms with Gasteiger partial charge in [-0.05, 0) is 61.7 Å². The van der Waals surface area contributed by atoms with Gasteiger partial charge in [-0.25, -0.2) is 42.6 Å². The minimum absolute atomic E-state index is 0.0672. The molecular formula is C71H82N16O35P4. The van der Waals surface area contributed by atoms with Crippen molar-refractivity contribution < 1.29 is 127 Å². The molecule has 5 aliphatic rings. The lowest BCUT2D eigenvalue weighted by atomic mass is 9.80. The molecule has 51 nitrogen and oxygen atoms in total. The third kappa shape index (κ3) is 19.0. The zero-order chi connectivity index (χ0) is 90.0. The average molecular weight is 1840 g/mol. The van der Waals surface area contributed by atoms with E-state index in [1.807, 2.05) is 0 Å². The highest BCUT2D eigenvalue weighted by molar-refractivity contribution is 7.48.